The number of fused-ring (bicyclic) bond motifs is 1. The summed E-state index contributed by atoms with van der Waals surface area (Å²) < 4.78 is 19.9. The molecule has 3 N–H and O–H groups in total. The average molecular weight is 434 g/mol. The molecule has 0 aliphatic heterocycles. The Balaban J connectivity index is 0.00000124. The Hall–Kier alpha value is -2.78. The van der Waals surface area contributed by atoms with Crippen LogP contribution in [0.4, 0.5) is 15.9 Å². The molecule has 1 fully saturated rings. The van der Waals surface area contributed by atoms with E-state index in [0.29, 0.717) is 33.0 Å². The van der Waals surface area contributed by atoms with E-state index in [1.807, 2.05) is 0 Å². The molecule has 0 amide bonds. The average Bonchev–Trinajstić information content (AvgIpc) is 3.10. The van der Waals surface area contributed by atoms with Gasteiger partial charge in [0.25, 0.3) is 0 Å². The van der Waals surface area contributed by atoms with E-state index in [2.05, 4.69) is 15.3 Å². The first kappa shape index (κ1) is 21.9. The largest absolute Gasteiger partial charge is 0.488 e. The standard InChI is InChI=1S/C20H20FN3O3S.CH4O/c1-11-16-18(22-10-23-19(16)28-17(11)20(25)26)24-14-8-7-12(21)9-15(14)27-13-5-3-2-4-6-13;1-2/h7-10,13H,2-6H2,1H3,(H,25,26)(H,22,23,24);2H,1H3. The minimum atomic E-state index is -0.991. The number of halogens is 1. The van der Waals surface area contributed by atoms with Crippen molar-refractivity contribution in [3.63, 3.8) is 0 Å². The number of thiophene rings is 1. The third kappa shape index (κ3) is 4.68. The molecule has 1 aliphatic rings. The lowest BCUT2D eigenvalue weighted by atomic mass is 9.98. The number of benzene rings is 1. The molecule has 3 aromatic rings. The van der Waals surface area contributed by atoms with Crippen LogP contribution in [0.5, 0.6) is 5.75 Å². The van der Waals surface area contributed by atoms with Gasteiger partial charge in [-0.05, 0) is 50.3 Å². The molecular weight excluding hydrogens is 409 g/mol. The summed E-state index contributed by atoms with van der Waals surface area (Å²) in [6.45, 7) is 1.74. The highest BCUT2D eigenvalue weighted by molar-refractivity contribution is 7.20. The number of carboxylic acid groups (broad SMARTS) is 1. The van der Waals surface area contributed by atoms with E-state index in [0.717, 1.165) is 44.1 Å². The van der Waals surface area contributed by atoms with Gasteiger partial charge in [0.1, 0.15) is 33.4 Å². The van der Waals surface area contributed by atoms with Crippen LogP contribution < -0.4 is 10.1 Å². The van der Waals surface area contributed by atoms with Gasteiger partial charge in [0, 0.05) is 13.2 Å². The summed E-state index contributed by atoms with van der Waals surface area (Å²) >= 11 is 1.11. The second kappa shape index (κ2) is 9.82. The zero-order chi connectivity index (χ0) is 21.7. The molecule has 1 aromatic carbocycles. The molecule has 0 radical (unpaired) electrons. The molecule has 1 saturated carbocycles. The molecular formula is C21H24FN3O4S. The zero-order valence-electron chi connectivity index (χ0n) is 16.8. The van der Waals surface area contributed by atoms with Crippen LogP contribution in [0.2, 0.25) is 0 Å². The van der Waals surface area contributed by atoms with E-state index < -0.39 is 5.97 Å². The maximum absolute atomic E-state index is 13.9. The summed E-state index contributed by atoms with van der Waals surface area (Å²) in [6.07, 6.45) is 6.80. The van der Waals surface area contributed by atoms with Gasteiger partial charge < -0.3 is 20.3 Å². The summed E-state index contributed by atoms with van der Waals surface area (Å²) in [5.41, 5.74) is 1.20. The minimum absolute atomic E-state index is 0.0722. The molecule has 0 saturated heterocycles. The molecule has 4 rings (SSSR count). The van der Waals surface area contributed by atoms with Crippen LogP contribution in [0, 0.1) is 12.7 Å². The van der Waals surface area contributed by atoms with Crippen LogP contribution in [0.1, 0.15) is 47.3 Å². The summed E-state index contributed by atoms with van der Waals surface area (Å²) in [4.78, 5) is 20.8. The number of aryl methyl sites for hydroxylation is 1. The molecule has 30 heavy (non-hydrogen) atoms. The molecule has 0 unspecified atom stereocenters. The predicted octanol–water partition coefficient (Wildman–Crippen LogP) is 4.90. The smallest absolute Gasteiger partial charge is 0.346 e. The fourth-order valence-corrected chi connectivity index (χ4v) is 4.54. The van der Waals surface area contributed by atoms with Gasteiger partial charge in [-0.1, -0.05) is 6.42 Å². The van der Waals surface area contributed by atoms with Crippen LogP contribution in [0.3, 0.4) is 0 Å². The maximum Gasteiger partial charge on any atom is 0.346 e. The monoisotopic (exact) mass is 433 g/mol. The number of carboxylic acids is 1. The second-order valence-electron chi connectivity index (χ2n) is 6.91. The Morgan fingerprint density at radius 1 is 1.23 bits per heavy atom. The first-order chi connectivity index (χ1) is 14.5. The number of aliphatic hydroxyl groups excluding tert-OH is 1. The number of carbonyl (C=O) groups is 1. The molecule has 0 atom stereocenters. The number of nitrogens with zero attached hydrogens (tertiary/aromatic N) is 2. The highest BCUT2D eigenvalue weighted by Crippen LogP contribution is 2.37. The first-order valence-corrected chi connectivity index (χ1v) is 10.5. The van der Waals surface area contributed by atoms with Gasteiger partial charge in [0.15, 0.2) is 0 Å². The van der Waals surface area contributed by atoms with E-state index in [-0.39, 0.29) is 16.8 Å². The lowest BCUT2D eigenvalue weighted by molar-refractivity contribution is 0.0701. The van der Waals surface area contributed by atoms with Crippen molar-refractivity contribution in [1.82, 2.24) is 9.97 Å². The number of ether oxygens (including phenoxy) is 1. The minimum Gasteiger partial charge on any atom is -0.488 e. The Kier molecular flexibility index (Phi) is 7.17. The van der Waals surface area contributed by atoms with Crippen molar-refractivity contribution >= 4 is 39.0 Å². The second-order valence-corrected chi connectivity index (χ2v) is 7.91. The highest BCUT2D eigenvalue weighted by Gasteiger charge is 2.21. The predicted molar refractivity (Wildman–Crippen MR) is 114 cm³/mol. The molecule has 2 heterocycles. The summed E-state index contributed by atoms with van der Waals surface area (Å²) in [7, 11) is 1.00. The quantitative estimate of drug-likeness (QED) is 0.526. The molecule has 0 spiro atoms. The van der Waals surface area contributed by atoms with Crippen LogP contribution in [-0.4, -0.2) is 39.4 Å². The van der Waals surface area contributed by atoms with Crippen LogP contribution >= 0.6 is 11.3 Å². The Bertz CT molecular complexity index is 1030. The summed E-state index contributed by atoms with van der Waals surface area (Å²) in [5.74, 6) is -0.449. The number of hydrogen-bond donors (Lipinski definition) is 3. The number of rotatable bonds is 5. The van der Waals surface area contributed by atoms with Gasteiger partial charge in [0.05, 0.1) is 17.2 Å². The Morgan fingerprint density at radius 3 is 2.67 bits per heavy atom. The van der Waals surface area contributed by atoms with Gasteiger partial charge in [0.2, 0.25) is 0 Å². The molecule has 2 aromatic heterocycles. The third-order valence-electron chi connectivity index (χ3n) is 4.96. The van der Waals surface area contributed by atoms with Crippen molar-refractivity contribution < 1.29 is 24.1 Å². The first-order valence-electron chi connectivity index (χ1n) is 9.68. The van der Waals surface area contributed by atoms with Crippen LogP contribution in [-0.2, 0) is 0 Å². The number of nitrogens with one attached hydrogen (secondary N) is 1. The van der Waals surface area contributed by atoms with Gasteiger partial charge in [-0.2, -0.15) is 0 Å². The van der Waals surface area contributed by atoms with E-state index in [4.69, 9.17) is 9.84 Å². The van der Waals surface area contributed by atoms with Crippen molar-refractivity contribution in [2.45, 2.75) is 45.1 Å². The zero-order valence-corrected chi connectivity index (χ0v) is 17.6. The SMILES string of the molecule is CO.Cc1c(C(=O)O)sc2ncnc(Nc3ccc(F)cc3OC3CCCCC3)c12. The fraction of sp³-hybridized carbons (Fsp3) is 0.381. The van der Waals surface area contributed by atoms with Gasteiger partial charge in [-0.3, -0.25) is 0 Å². The molecule has 1 aliphatic carbocycles. The number of anilines is 2. The van der Waals surface area contributed by atoms with Gasteiger partial charge in [-0.15, -0.1) is 11.3 Å². The lowest BCUT2D eigenvalue weighted by Crippen LogP contribution is -2.20. The van der Waals surface area contributed by atoms with E-state index in [9.17, 15) is 14.3 Å². The van der Waals surface area contributed by atoms with Crippen molar-refractivity contribution in [3.8, 4) is 5.75 Å². The summed E-state index contributed by atoms with van der Waals surface area (Å²) in [5, 5.41) is 20.2. The van der Waals surface area contributed by atoms with E-state index in [1.165, 1.54) is 24.9 Å². The Labute approximate surface area is 177 Å². The normalized spacial score (nSPS) is 14.1. The number of aromatic carboxylic acids is 1. The fourth-order valence-electron chi connectivity index (χ4n) is 3.56. The third-order valence-corrected chi connectivity index (χ3v) is 6.15. The van der Waals surface area contributed by atoms with Crippen molar-refractivity contribution in [2.75, 3.05) is 12.4 Å². The van der Waals surface area contributed by atoms with Crippen molar-refractivity contribution in [3.05, 3.63) is 40.8 Å². The van der Waals surface area contributed by atoms with E-state index >= 15 is 0 Å². The summed E-state index contributed by atoms with van der Waals surface area (Å²) in [6, 6.07) is 4.34. The lowest BCUT2D eigenvalue weighted by Gasteiger charge is -2.24. The molecule has 7 nitrogen and oxygen atoms in total. The molecule has 9 heteroatoms. The number of aromatic nitrogens is 2. The van der Waals surface area contributed by atoms with Gasteiger partial charge >= 0.3 is 5.97 Å². The number of hydrogen-bond acceptors (Lipinski definition) is 7. The molecule has 0 bridgehead atoms. The molecule has 160 valence electrons. The van der Waals surface area contributed by atoms with Crippen molar-refractivity contribution in [2.24, 2.45) is 0 Å². The number of aliphatic hydroxyl groups is 1. The maximum atomic E-state index is 13.9. The van der Waals surface area contributed by atoms with Crippen molar-refractivity contribution in [1.29, 1.82) is 0 Å². The topological polar surface area (TPSA) is 105 Å². The van der Waals surface area contributed by atoms with E-state index in [1.54, 1.807) is 13.0 Å². The van der Waals surface area contributed by atoms with Crippen LogP contribution in [0.25, 0.3) is 10.2 Å². The van der Waals surface area contributed by atoms with Gasteiger partial charge in [-0.25, -0.2) is 19.2 Å². The Morgan fingerprint density at radius 2 is 1.97 bits per heavy atom. The highest BCUT2D eigenvalue weighted by atomic mass is 32.1. The van der Waals surface area contributed by atoms with Crippen LogP contribution in [0.15, 0.2) is 24.5 Å².